The molecule has 1 aromatic heterocycles. The van der Waals surface area contributed by atoms with Crippen LogP contribution in [0.3, 0.4) is 0 Å². The van der Waals surface area contributed by atoms with Crippen molar-refractivity contribution in [1.82, 2.24) is 4.98 Å². The summed E-state index contributed by atoms with van der Waals surface area (Å²) < 4.78 is 0. The van der Waals surface area contributed by atoms with Gasteiger partial charge in [0, 0.05) is 12.8 Å². The molecule has 0 unspecified atom stereocenters. The Morgan fingerprint density at radius 2 is 2.33 bits per heavy atom. The van der Waals surface area contributed by atoms with E-state index in [0.29, 0.717) is 16.6 Å². The van der Waals surface area contributed by atoms with Crippen molar-refractivity contribution in [3.8, 4) is 0 Å². The molecule has 18 heavy (non-hydrogen) atoms. The highest BCUT2D eigenvalue weighted by Gasteiger charge is 2.32. The Kier molecular flexibility index (Phi) is 4.08. The number of amides is 1. The molecule has 0 aromatic carbocycles. The van der Waals surface area contributed by atoms with Gasteiger partial charge in [-0.1, -0.05) is 17.8 Å². The van der Waals surface area contributed by atoms with Crippen LogP contribution >= 0.6 is 11.3 Å². The molecule has 1 aromatic rings. The Bertz CT molecular complexity index is 458. The Hall–Kier alpha value is -1.27. The molecular weight excluding hydrogens is 250 g/mol. The fraction of sp³-hybridized carbons (Fsp3) is 0.583. The summed E-state index contributed by atoms with van der Waals surface area (Å²) in [6, 6.07) is 0. The maximum absolute atomic E-state index is 12.1. The van der Waals surface area contributed by atoms with Gasteiger partial charge in [0.05, 0.1) is 11.1 Å². The second-order valence-electron chi connectivity index (χ2n) is 4.61. The van der Waals surface area contributed by atoms with Crippen LogP contribution in [0.2, 0.25) is 0 Å². The molecule has 0 aliphatic heterocycles. The zero-order valence-electron chi connectivity index (χ0n) is 10.3. The van der Waals surface area contributed by atoms with E-state index in [1.807, 2.05) is 0 Å². The first-order valence-corrected chi connectivity index (χ1v) is 6.91. The monoisotopic (exact) mass is 267 g/mol. The summed E-state index contributed by atoms with van der Waals surface area (Å²) in [5.41, 5.74) is 5.66. The molecule has 5 nitrogen and oxygen atoms in total. The Balaban J connectivity index is 2.00. The molecule has 1 aliphatic carbocycles. The summed E-state index contributed by atoms with van der Waals surface area (Å²) in [5.74, 6) is 0.206. The highest BCUT2D eigenvalue weighted by atomic mass is 32.1. The lowest BCUT2D eigenvalue weighted by Gasteiger charge is -2.16. The fourth-order valence-electron chi connectivity index (χ4n) is 2.36. The van der Waals surface area contributed by atoms with Crippen LogP contribution in [-0.2, 0) is 4.79 Å². The first kappa shape index (κ1) is 13.2. The Morgan fingerprint density at radius 3 is 2.94 bits per heavy atom. The van der Waals surface area contributed by atoms with E-state index in [4.69, 9.17) is 5.73 Å². The lowest BCUT2D eigenvalue weighted by Crippen LogP contribution is -2.29. The zero-order valence-corrected chi connectivity index (χ0v) is 11.1. The second-order valence-corrected chi connectivity index (χ2v) is 5.64. The van der Waals surface area contributed by atoms with Crippen molar-refractivity contribution in [3.63, 3.8) is 0 Å². The van der Waals surface area contributed by atoms with Gasteiger partial charge in [-0.3, -0.25) is 9.59 Å². The molecule has 1 fully saturated rings. The molecule has 1 amide bonds. The smallest absolute Gasteiger partial charge is 0.229 e. The number of ketones is 1. The standard InChI is InChI=1S/C12H17N3O2S/c1-7(16)10-6-14-12(18-10)15-11(17)9-4-2-3-8(9)5-13/h6,8-9H,2-5,13H2,1H3,(H,14,15,17)/t8-,9-/m1/s1. The van der Waals surface area contributed by atoms with Crippen molar-refractivity contribution in [2.75, 3.05) is 11.9 Å². The van der Waals surface area contributed by atoms with Crippen LogP contribution in [0.15, 0.2) is 6.20 Å². The van der Waals surface area contributed by atoms with E-state index in [9.17, 15) is 9.59 Å². The highest BCUT2D eigenvalue weighted by Crippen LogP contribution is 2.32. The van der Waals surface area contributed by atoms with E-state index in [1.54, 1.807) is 0 Å². The Morgan fingerprint density at radius 1 is 1.56 bits per heavy atom. The van der Waals surface area contributed by atoms with Gasteiger partial charge in [0.1, 0.15) is 0 Å². The van der Waals surface area contributed by atoms with E-state index in [1.165, 1.54) is 24.5 Å². The summed E-state index contributed by atoms with van der Waals surface area (Å²) in [6.45, 7) is 2.04. The third-order valence-electron chi connectivity index (χ3n) is 3.38. The third kappa shape index (κ3) is 2.76. The van der Waals surface area contributed by atoms with Gasteiger partial charge in [-0.15, -0.1) is 0 Å². The van der Waals surface area contributed by atoms with Crippen LogP contribution in [0.5, 0.6) is 0 Å². The summed E-state index contributed by atoms with van der Waals surface area (Å²) in [7, 11) is 0. The van der Waals surface area contributed by atoms with E-state index in [2.05, 4.69) is 10.3 Å². The molecule has 0 spiro atoms. The number of Topliss-reactive ketones (excluding diaryl/α,β-unsaturated/α-hetero) is 1. The number of nitrogens with two attached hydrogens (primary N) is 1. The highest BCUT2D eigenvalue weighted by molar-refractivity contribution is 7.17. The summed E-state index contributed by atoms with van der Waals surface area (Å²) >= 11 is 1.21. The number of thiazole rings is 1. The van der Waals surface area contributed by atoms with Gasteiger partial charge in [0.2, 0.25) is 5.91 Å². The largest absolute Gasteiger partial charge is 0.330 e. The number of rotatable bonds is 4. The summed E-state index contributed by atoms with van der Waals surface area (Å²) in [4.78, 5) is 27.8. The van der Waals surface area contributed by atoms with Gasteiger partial charge in [0.25, 0.3) is 0 Å². The van der Waals surface area contributed by atoms with Crippen molar-refractivity contribution >= 4 is 28.2 Å². The minimum Gasteiger partial charge on any atom is -0.330 e. The van der Waals surface area contributed by atoms with Crippen LogP contribution < -0.4 is 11.1 Å². The quantitative estimate of drug-likeness (QED) is 0.812. The van der Waals surface area contributed by atoms with Gasteiger partial charge in [-0.05, 0) is 25.3 Å². The average molecular weight is 267 g/mol. The molecule has 1 saturated carbocycles. The number of aromatic nitrogens is 1. The van der Waals surface area contributed by atoms with E-state index < -0.39 is 0 Å². The molecule has 98 valence electrons. The molecule has 0 saturated heterocycles. The molecule has 6 heteroatoms. The number of nitrogens with zero attached hydrogens (tertiary/aromatic N) is 1. The number of anilines is 1. The van der Waals surface area contributed by atoms with Gasteiger partial charge >= 0.3 is 0 Å². The zero-order chi connectivity index (χ0) is 13.1. The van der Waals surface area contributed by atoms with E-state index in [0.717, 1.165) is 19.3 Å². The van der Waals surface area contributed by atoms with Gasteiger partial charge in [-0.2, -0.15) is 0 Å². The predicted octanol–water partition coefficient (Wildman–Crippen LogP) is 1.66. The van der Waals surface area contributed by atoms with E-state index >= 15 is 0 Å². The number of carbonyl (C=O) groups is 2. The molecular formula is C12H17N3O2S. The number of nitrogens with one attached hydrogen (secondary N) is 1. The first-order chi connectivity index (χ1) is 8.61. The second kappa shape index (κ2) is 5.58. The normalized spacial score (nSPS) is 23.0. The minimum absolute atomic E-state index is 0.0142. The maximum Gasteiger partial charge on any atom is 0.229 e. The van der Waals surface area contributed by atoms with Crippen LogP contribution in [0.25, 0.3) is 0 Å². The summed E-state index contributed by atoms with van der Waals surface area (Å²) in [5, 5.41) is 3.28. The SMILES string of the molecule is CC(=O)c1cnc(NC(=O)[C@@H]2CCC[C@@H]2CN)s1. The van der Waals surface area contributed by atoms with Gasteiger partial charge in [-0.25, -0.2) is 4.98 Å². The number of hydrogen-bond donors (Lipinski definition) is 2. The molecule has 3 N–H and O–H groups in total. The lowest BCUT2D eigenvalue weighted by molar-refractivity contribution is -0.120. The van der Waals surface area contributed by atoms with Crippen LogP contribution in [0, 0.1) is 11.8 Å². The van der Waals surface area contributed by atoms with Crippen molar-refractivity contribution in [3.05, 3.63) is 11.1 Å². The molecule has 1 aliphatic rings. The predicted molar refractivity (Wildman–Crippen MR) is 70.6 cm³/mol. The van der Waals surface area contributed by atoms with E-state index in [-0.39, 0.29) is 23.5 Å². The topological polar surface area (TPSA) is 85.1 Å². The van der Waals surface area contributed by atoms with Gasteiger partial charge in [0.15, 0.2) is 10.9 Å². The molecule has 1 heterocycles. The first-order valence-electron chi connectivity index (χ1n) is 6.09. The molecule has 2 rings (SSSR count). The molecule has 2 atom stereocenters. The summed E-state index contributed by atoms with van der Waals surface area (Å²) in [6.07, 6.45) is 4.46. The average Bonchev–Trinajstić information content (AvgIpc) is 2.96. The van der Waals surface area contributed by atoms with Crippen molar-refractivity contribution < 1.29 is 9.59 Å². The molecule has 0 radical (unpaired) electrons. The van der Waals surface area contributed by atoms with Crippen LogP contribution in [0.1, 0.15) is 35.9 Å². The minimum atomic E-state index is -0.0336. The lowest BCUT2D eigenvalue weighted by atomic mass is 9.95. The van der Waals surface area contributed by atoms with Crippen molar-refractivity contribution in [2.45, 2.75) is 26.2 Å². The van der Waals surface area contributed by atoms with Gasteiger partial charge < -0.3 is 11.1 Å². The maximum atomic E-state index is 12.1. The number of carbonyl (C=O) groups excluding carboxylic acids is 2. The van der Waals surface area contributed by atoms with Crippen molar-refractivity contribution in [2.24, 2.45) is 17.6 Å². The van der Waals surface area contributed by atoms with Crippen LogP contribution in [0.4, 0.5) is 5.13 Å². The van der Waals surface area contributed by atoms with Crippen LogP contribution in [-0.4, -0.2) is 23.2 Å². The Labute approximate surface area is 110 Å². The third-order valence-corrected chi connectivity index (χ3v) is 4.40. The fourth-order valence-corrected chi connectivity index (χ4v) is 3.07. The molecule has 0 bridgehead atoms. The van der Waals surface area contributed by atoms with Crippen molar-refractivity contribution in [1.29, 1.82) is 0 Å². The number of hydrogen-bond acceptors (Lipinski definition) is 5.